The number of nitrogens with one attached hydrogen (secondary N) is 2. The van der Waals surface area contributed by atoms with Crippen molar-refractivity contribution in [3.05, 3.63) is 35.4 Å². The summed E-state index contributed by atoms with van der Waals surface area (Å²) in [5.74, 6) is -0.539. The van der Waals surface area contributed by atoms with Gasteiger partial charge < -0.3 is 25.9 Å². The van der Waals surface area contributed by atoms with Gasteiger partial charge in [-0.25, -0.2) is 0 Å². The average Bonchev–Trinajstić information content (AvgIpc) is 2.83. The molecule has 34 heavy (non-hydrogen) atoms. The van der Waals surface area contributed by atoms with E-state index in [2.05, 4.69) is 15.8 Å². The number of carbonyl (C=O) groups is 3. The monoisotopic (exact) mass is 473 g/mol. The number of hydrogen-bond acceptors (Lipinski definition) is 7. The lowest BCUT2D eigenvalue weighted by Crippen LogP contribution is -2.63. The Labute approximate surface area is 199 Å². The van der Waals surface area contributed by atoms with Gasteiger partial charge in [0.05, 0.1) is 19.2 Å². The first-order chi connectivity index (χ1) is 16.4. The van der Waals surface area contributed by atoms with Crippen LogP contribution in [0, 0.1) is 5.92 Å². The molecule has 10 nitrogen and oxygen atoms in total. The summed E-state index contributed by atoms with van der Waals surface area (Å²) in [5, 5.41) is 17.7. The SMILES string of the molecule is CCOC(=O)CNC(C(=O)N1CCC1C(=O)NCc1ccc(/C(N)=N/O)cc1)C1CCCCC1. The molecule has 1 aromatic carbocycles. The molecular formula is C24H35N5O5. The van der Waals surface area contributed by atoms with Gasteiger partial charge in [-0.1, -0.05) is 48.7 Å². The summed E-state index contributed by atoms with van der Waals surface area (Å²) in [6, 6.07) is 5.98. The quantitative estimate of drug-likeness (QED) is 0.131. The van der Waals surface area contributed by atoms with Gasteiger partial charge in [-0.15, -0.1) is 0 Å². The Balaban J connectivity index is 1.58. The van der Waals surface area contributed by atoms with Crippen LogP contribution < -0.4 is 16.4 Å². The summed E-state index contributed by atoms with van der Waals surface area (Å²) in [7, 11) is 0. The van der Waals surface area contributed by atoms with Crippen LogP contribution in [-0.2, 0) is 25.7 Å². The van der Waals surface area contributed by atoms with Crippen molar-refractivity contribution in [3.8, 4) is 0 Å². The number of ether oxygens (including phenoxy) is 1. The van der Waals surface area contributed by atoms with E-state index in [1.54, 1.807) is 36.1 Å². The van der Waals surface area contributed by atoms with Crippen molar-refractivity contribution in [1.29, 1.82) is 0 Å². The summed E-state index contributed by atoms with van der Waals surface area (Å²) in [4.78, 5) is 39.7. The summed E-state index contributed by atoms with van der Waals surface area (Å²) < 4.78 is 5.00. The molecule has 0 spiro atoms. The van der Waals surface area contributed by atoms with E-state index in [1.165, 1.54) is 0 Å². The molecule has 1 aliphatic carbocycles. The number of nitrogens with two attached hydrogens (primary N) is 1. The lowest BCUT2D eigenvalue weighted by Gasteiger charge is -2.43. The van der Waals surface area contributed by atoms with E-state index in [-0.39, 0.29) is 36.1 Å². The Hall–Kier alpha value is -3.14. The molecule has 5 N–H and O–H groups in total. The Morgan fingerprint density at radius 1 is 1.18 bits per heavy atom. The number of carbonyl (C=O) groups excluding carboxylic acids is 3. The maximum Gasteiger partial charge on any atom is 0.319 e. The first-order valence-corrected chi connectivity index (χ1v) is 12.0. The maximum absolute atomic E-state index is 13.4. The zero-order valence-electron chi connectivity index (χ0n) is 19.7. The zero-order valence-corrected chi connectivity index (χ0v) is 19.7. The van der Waals surface area contributed by atoms with Gasteiger partial charge in [0.2, 0.25) is 11.8 Å². The summed E-state index contributed by atoms with van der Waals surface area (Å²) in [5.41, 5.74) is 7.01. The van der Waals surface area contributed by atoms with Gasteiger partial charge in [0.1, 0.15) is 6.04 Å². The molecule has 2 unspecified atom stereocenters. The maximum atomic E-state index is 13.4. The van der Waals surface area contributed by atoms with Gasteiger partial charge in [0.15, 0.2) is 5.84 Å². The number of nitrogens with zero attached hydrogens (tertiary/aromatic N) is 2. The minimum Gasteiger partial charge on any atom is -0.465 e. The van der Waals surface area contributed by atoms with E-state index in [9.17, 15) is 14.4 Å². The van der Waals surface area contributed by atoms with Gasteiger partial charge >= 0.3 is 5.97 Å². The predicted molar refractivity (Wildman–Crippen MR) is 126 cm³/mol. The summed E-state index contributed by atoms with van der Waals surface area (Å²) in [6.45, 7) is 2.85. The zero-order chi connectivity index (χ0) is 24.5. The van der Waals surface area contributed by atoms with E-state index in [1.807, 2.05) is 0 Å². The molecule has 0 aromatic heterocycles. The highest BCUT2D eigenvalue weighted by Crippen LogP contribution is 2.29. The number of rotatable bonds is 10. The van der Waals surface area contributed by atoms with Crippen LogP contribution in [0.5, 0.6) is 0 Å². The number of likely N-dealkylation sites (tertiary alicyclic amines) is 1. The van der Waals surface area contributed by atoms with E-state index < -0.39 is 12.1 Å². The van der Waals surface area contributed by atoms with Crippen LogP contribution >= 0.6 is 0 Å². The second-order valence-electron chi connectivity index (χ2n) is 8.80. The van der Waals surface area contributed by atoms with Gasteiger partial charge in [-0.05, 0) is 37.7 Å². The average molecular weight is 474 g/mol. The number of oxime groups is 1. The molecule has 2 amide bonds. The van der Waals surface area contributed by atoms with Gasteiger partial charge in [-0.2, -0.15) is 0 Å². The van der Waals surface area contributed by atoms with Crippen molar-refractivity contribution in [3.63, 3.8) is 0 Å². The molecule has 2 atom stereocenters. The largest absolute Gasteiger partial charge is 0.465 e. The number of hydrogen-bond donors (Lipinski definition) is 4. The van der Waals surface area contributed by atoms with E-state index >= 15 is 0 Å². The molecule has 0 bridgehead atoms. The lowest BCUT2D eigenvalue weighted by atomic mass is 9.82. The second-order valence-corrected chi connectivity index (χ2v) is 8.80. The Morgan fingerprint density at radius 2 is 1.88 bits per heavy atom. The smallest absolute Gasteiger partial charge is 0.319 e. The van der Waals surface area contributed by atoms with Crippen LogP contribution in [0.4, 0.5) is 0 Å². The van der Waals surface area contributed by atoms with Crippen molar-refractivity contribution in [2.45, 2.75) is 64.1 Å². The van der Waals surface area contributed by atoms with E-state index in [0.29, 0.717) is 31.7 Å². The fourth-order valence-corrected chi connectivity index (χ4v) is 4.59. The summed E-state index contributed by atoms with van der Waals surface area (Å²) >= 11 is 0. The molecule has 2 fully saturated rings. The molecule has 1 heterocycles. The Bertz CT molecular complexity index is 882. The highest BCUT2D eigenvalue weighted by atomic mass is 16.5. The highest BCUT2D eigenvalue weighted by molar-refractivity contribution is 5.97. The van der Waals surface area contributed by atoms with Crippen LogP contribution in [0.15, 0.2) is 29.4 Å². The molecular weight excluding hydrogens is 438 g/mol. The van der Waals surface area contributed by atoms with Crippen molar-refractivity contribution < 1.29 is 24.3 Å². The Kier molecular flexibility index (Phi) is 9.26. The van der Waals surface area contributed by atoms with Crippen LogP contribution in [0.2, 0.25) is 0 Å². The standard InChI is InChI=1S/C24H35N5O5/c1-2-34-20(30)15-26-21(17-6-4-3-5-7-17)24(32)29-13-12-19(29)23(31)27-14-16-8-10-18(11-9-16)22(25)28-33/h8-11,17,19,21,26,33H,2-7,12-15H2,1H3,(H2,25,28)(H,27,31). The molecule has 3 rings (SSSR count). The number of esters is 1. The number of amides is 2. The molecule has 1 aliphatic heterocycles. The molecule has 186 valence electrons. The summed E-state index contributed by atoms with van der Waals surface area (Å²) in [6.07, 6.45) is 5.75. The van der Waals surface area contributed by atoms with Crippen molar-refractivity contribution in [2.24, 2.45) is 16.8 Å². The third-order valence-electron chi connectivity index (χ3n) is 6.59. The van der Waals surface area contributed by atoms with Crippen molar-refractivity contribution in [2.75, 3.05) is 19.7 Å². The topological polar surface area (TPSA) is 146 Å². The normalized spacial score (nSPS) is 19.7. The van der Waals surface area contributed by atoms with Crippen LogP contribution in [-0.4, -0.2) is 65.5 Å². The minimum absolute atomic E-state index is 0.0169. The fraction of sp³-hybridized carbons (Fsp3) is 0.583. The highest BCUT2D eigenvalue weighted by Gasteiger charge is 2.42. The van der Waals surface area contributed by atoms with E-state index in [0.717, 1.165) is 37.7 Å². The third kappa shape index (κ3) is 6.47. The van der Waals surface area contributed by atoms with Crippen LogP contribution in [0.3, 0.4) is 0 Å². The lowest BCUT2D eigenvalue weighted by molar-refractivity contribution is -0.151. The van der Waals surface area contributed by atoms with Gasteiger partial charge in [0.25, 0.3) is 0 Å². The minimum atomic E-state index is -0.514. The molecule has 1 saturated heterocycles. The number of benzene rings is 1. The predicted octanol–water partition coefficient (Wildman–Crippen LogP) is 1.10. The van der Waals surface area contributed by atoms with Gasteiger partial charge in [-0.3, -0.25) is 19.7 Å². The first kappa shape index (κ1) is 25.5. The van der Waals surface area contributed by atoms with Crippen molar-refractivity contribution >= 4 is 23.6 Å². The molecule has 0 radical (unpaired) electrons. The van der Waals surface area contributed by atoms with Gasteiger partial charge in [0, 0.05) is 18.7 Å². The van der Waals surface area contributed by atoms with Crippen LogP contribution in [0.25, 0.3) is 0 Å². The second kappa shape index (κ2) is 12.4. The van der Waals surface area contributed by atoms with Crippen molar-refractivity contribution in [1.82, 2.24) is 15.5 Å². The third-order valence-corrected chi connectivity index (χ3v) is 6.59. The fourth-order valence-electron chi connectivity index (χ4n) is 4.59. The number of amidine groups is 1. The molecule has 1 saturated carbocycles. The molecule has 2 aliphatic rings. The first-order valence-electron chi connectivity index (χ1n) is 12.0. The Morgan fingerprint density at radius 3 is 2.47 bits per heavy atom. The molecule has 1 aromatic rings. The van der Waals surface area contributed by atoms with Crippen LogP contribution in [0.1, 0.15) is 56.6 Å². The van der Waals surface area contributed by atoms with E-state index in [4.69, 9.17) is 15.7 Å². The molecule has 10 heteroatoms.